The molecule has 1 N–H and O–H groups in total. The smallest absolute Gasteiger partial charge is 0.123 e. The van der Waals surface area contributed by atoms with E-state index in [1.54, 1.807) is 17.6 Å². The summed E-state index contributed by atoms with van der Waals surface area (Å²) in [5.74, 6) is 1.06. The molecule has 1 unspecified atom stereocenters. The number of nitrogens with zero attached hydrogens (tertiary/aromatic N) is 2. The topological polar surface area (TPSA) is 41.3 Å². The number of likely N-dealkylation sites (tertiary alicyclic amines) is 1. The molecule has 1 aliphatic rings. The van der Waals surface area contributed by atoms with E-state index in [-0.39, 0.29) is 0 Å². The molecule has 4 rings (SSSR count). The highest BCUT2D eigenvalue weighted by Crippen LogP contribution is 2.26. The number of benzene rings is 1. The van der Waals surface area contributed by atoms with Crippen LogP contribution in [0.15, 0.2) is 59.3 Å². The molecule has 3 heterocycles. The number of hydrogen-bond acceptors (Lipinski definition) is 5. The summed E-state index contributed by atoms with van der Waals surface area (Å²) < 4.78 is 5.68. The third-order valence-corrected chi connectivity index (χ3v) is 5.71. The molecule has 0 spiro atoms. The molecule has 1 aliphatic heterocycles. The first-order chi connectivity index (χ1) is 12.4. The lowest BCUT2D eigenvalue weighted by Gasteiger charge is -2.26. The Hall–Kier alpha value is -1.95. The number of furan rings is 1. The molecule has 0 amide bonds. The molecule has 0 saturated carbocycles. The summed E-state index contributed by atoms with van der Waals surface area (Å²) in [5, 5.41) is 4.68. The Morgan fingerprint density at radius 1 is 1.12 bits per heavy atom. The third kappa shape index (κ3) is 4.00. The number of nitrogens with one attached hydrogen (secondary N) is 1. The maximum atomic E-state index is 5.68. The molecule has 130 valence electrons. The van der Waals surface area contributed by atoms with Crippen LogP contribution in [0.25, 0.3) is 10.6 Å². The van der Waals surface area contributed by atoms with Gasteiger partial charge in [0.2, 0.25) is 0 Å². The van der Waals surface area contributed by atoms with Crippen LogP contribution < -0.4 is 5.32 Å². The van der Waals surface area contributed by atoms with Crippen molar-refractivity contribution in [1.29, 1.82) is 0 Å². The van der Waals surface area contributed by atoms with Gasteiger partial charge in [0.1, 0.15) is 10.8 Å². The molecule has 1 atom stereocenters. The second-order valence-corrected chi connectivity index (χ2v) is 7.52. The monoisotopic (exact) mass is 353 g/mol. The van der Waals surface area contributed by atoms with Crippen molar-refractivity contribution in [2.75, 3.05) is 19.6 Å². The largest absolute Gasteiger partial charge is 0.468 e. The summed E-state index contributed by atoms with van der Waals surface area (Å²) in [6.07, 6.45) is 6.32. The fourth-order valence-electron chi connectivity index (χ4n) is 3.38. The van der Waals surface area contributed by atoms with Gasteiger partial charge in [-0.15, -0.1) is 11.3 Å². The summed E-state index contributed by atoms with van der Waals surface area (Å²) in [6, 6.07) is 14.7. The van der Waals surface area contributed by atoms with E-state index in [1.807, 2.05) is 18.3 Å². The van der Waals surface area contributed by atoms with E-state index in [0.29, 0.717) is 6.04 Å². The second-order valence-electron chi connectivity index (χ2n) is 6.40. The van der Waals surface area contributed by atoms with Crippen molar-refractivity contribution in [1.82, 2.24) is 15.2 Å². The molecule has 4 nitrogen and oxygen atoms in total. The Kier molecular flexibility index (Phi) is 5.25. The molecule has 25 heavy (non-hydrogen) atoms. The van der Waals surface area contributed by atoms with Crippen molar-refractivity contribution in [3.05, 3.63) is 65.6 Å². The average molecular weight is 353 g/mol. The van der Waals surface area contributed by atoms with Crippen LogP contribution in [0.5, 0.6) is 0 Å². The van der Waals surface area contributed by atoms with Gasteiger partial charge in [-0.2, -0.15) is 0 Å². The molecule has 5 heteroatoms. The van der Waals surface area contributed by atoms with Crippen LogP contribution in [0.2, 0.25) is 0 Å². The molecular weight excluding hydrogens is 330 g/mol. The fourth-order valence-corrected chi connectivity index (χ4v) is 4.27. The Bertz CT molecular complexity index is 763. The van der Waals surface area contributed by atoms with Gasteiger partial charge in [0.05, 0.1) is 12.3 Å². The molecule has 1 fully saturated rings. The molecular formula is C20H23N3OS. The second kappa shape index (κ2) is 7.95. The van der Waals surface area contributed by atoms with E-state index in [4.69, 9.17) is 4.42 Å². The van der Waals surface area contributed by atoms with E-state index >= 15 is 0 Å². The lowest BCUT2D eigenvalue weighted by atomic mass is 10.2. The molecule has 0 radical (unpaired) electrons. The normalized spacial score (nSPS) is 16.3. The molecule has 0 aliphatic carbocycles. The lowest BCUT2D eigenvalue weighted by molar-refractivity contribution is 0.209. The van der Waals surface area contributed by atoms with Gasteiger partial charge in [-0.3, -0.25) is 4.90 Å². The van der Waals surface area contributed by atoms with Gasteiger partial charge < -0.3 is 9.73 Å². The summed E-state index contributed by atoms with van der Waals surface area (Å²) in [4.78, 5) is 8.35. The van der Waals surface area contributed by atoms with E-state index < -0.39 is 0 Å². The Labute approximate surface area is 152 Å². The number of thiazole rings is 1. The van der Waals surface area contributed by atoms with Crippen LogP contribution in [0.3, 0.4) is 0 Å². The van der Waals surface area contributed by atoms with Crippen LogP contribution in [-0.4, -0.2) is 29.5 Å². The first-order valence-corrected chi connectivity index (χ1v) is 9.70. The number of rotatable bonds is 7. The zero-order valence-electron chi connectivity index (χ0n) is 14.2. The zero-order chi connectivity index (χ0) is 16.9. The lowest BCUT2D eigenvalue weighted by Crippen LogP contribution is -2.33. The maximum Gasteiger partial charge on any atom is 0.123 e. The van der Waals surface area contributed by atoms with Gasteiger partial charge in [-0.05, 0) is 38.1 Å². The van der Waals surface area contributed by atoms with Crippen LogP contribution in [0.4, 0.5) is 0 Å². The number of aromatic nitrogens is 1. The Morgan fingerprint density at radius 2 is 1.96 bits per heavy atom. The van der Waals surface area contributed by atoms with Crippen LogP contribution in [-0.2, 0) is 6.54 Å². The molecule has 3 aromatic rings. The fraction of sp³-hybridized carbons (Fsp3) is 0.350. The van der Waals surface area contributed by atoms with Gasteiger partial charge in [0.15, 0.2) is 0 Å². The quantitative estimate of drug-likeness (QED) is 0.686. The molecule has 1 aromatic carbocycles. The van der Waals surface area contributed by atoms with Crippen LogP contribution >= 0.6 is 11.3 Å². The minimum atomic E-state index is 0.319. The van der Waals surface area contributed by atoms with E-state index in [0.717, 1.165) is 36.9 Å². The summed E-state index contributed by atoms with van der Waals surface area (Å²) in [5.41, 5.74) is 1.18. The van der Waals surface area contributed by atoms with Crippen molar-refractivity contribution >= 4 is 11.3 Å². The van der Waals surface area contributed by atoms with E-state index in [9.17, 15) is 0 Å². The molecule has 2 aromatic heterocycles. The van der Waals surface area contributed by atoms with Crippen molar-refractivity contribution in [3.63, 3.8) is 0 Å². The van der Waals surface area contributed by atoms with Crippen LogP contribution in [0, 0.1) is 0 Å². The first kappa shape index (κ1) is 16.5. The van der Waals surface area contributed by atoms with Crippen LogP contribution in [0.1, 0.15) is 29.5 Å². The minimum absolute atomic E-state index is 0.319. The molecule has 0 bridgehead atoms. The highest BCUT2D eigenvalue weighted by molar-refractivity contribution is 7.15. The minimum Gasteiger partial charge on any atom is -0.468 e. The van der Waals surface area contributed by atoms with Gasteiger partial charge in [-0.25, -0.2) is 4.98 Å². The van der Waals surface area contributed by atoms with Gasteiger partial charge in [-0.1, -0.05) is 30.3 Å². The number of hydrogen-bond donors (Lipinski definition) is 1. The summed E-state index contributed by atoms with van der Waals surface area (Å²) in [6.45, 7) is 4.05. The standard InChI is InChI=1S/C20H23N3OS/c1-2-7-16(8-3-1)20-22-14-17(25-20)13-21-15-18(19-9-6-12-24-19)23-10-4-5-11-23/h1-3,6-9,12,14,18,21H,4-5,10-11,13,15H2. The van der Waals surface area contributed by atoms with Gasteiger partial charge in [0, 0.05) is 29.7 Å². The Morgan fingerprint density at radius 3 is 2.72 bits per heavy atom. The van der Waals surface area contributed by atoms with Crippen molar-refractivity contribution in [2.45, 2.75) is 25.4 Å². The highest BCUT2D eigenvalue weighted by atomic mass is 32.1. The molecule has 1 saturated heterocycles. The Balaban J connectivity index is 1.37. The third-order valence-electron chi connectivity index (χ3n) is 4.66. The van der Waals surface area contributed by atoms with Gasteiger partial charge >= 0.3 is 0 Å². The van der Waals surface area contributed by atoms with Crippen molar-refractivity contribution in [2.24, 2.45) is 0 Å². The first-order valence-electron chi connectivity index (χ1n) is 8.88. The highest BCUT2D eigenvalue weighted by Gasteiger charge is 2.25. The summed E-state index contributed by atoms with van der Waals surface area (Å²) >= 11 is 1.76. The van der Waals surface area contributed by atoms with E-state index in [2.05, 4.69) is 45.5 Å². The van der Waals surface area contributed by atoms with E-state index in [1.165, 1.54) is 23.3 Å². The predicted octanol–water partition coefficient (Wildman–Crippen LogP) is 4.33. The van der Waals surface area contributed by atoms with Crippen molar-refractivity contribution in [3.8, 4) is 10.6 Å². The maximum absolute atomic E-state index is 5.68. The zero-order valence-corrected chi connectivity index (χ0v) is 15.0. The van der Waals surface area contributed by atoms with Crippen molar-refractivity contribution < 1.29 is 4.42 Å². The average Bonchev–Trinajstić information content (AvgIpc) is 3.42. The SMILES string of the molecule is c1ccc(-c2ncc(CNCC(c3ccco3)N3CCCC3)s2)cc1. The predicted molar refractivity (Wildman–Crippen MR) is 102 cm³/mol. The summed E-state index contributed by atoms with van der Waals surface area (Å²) in [7, 11) is 0. The van der Waals surface area contributed by atoms with Gasteiger partial charge in [0.25, 0.3) is 0 Å².